The van der Waals surface area contributed by atoms with Crippen LogP contribution in [-0.2, 0) is 5.41 Å². The zero-order valence-corrected chi connectivity index (χ0v) is 35.0. The highest BCUT2D eigenvalue weighted by Gasteiger charge is 2.52. The van der Waals surface area contributed by atoms with E-state index in [9.17, 15) is 0 Å². The number of rotatable bonds is 6. The monoisotopic (exact) mass is 803 g/mol. The van der Waals surface area contributed by atoms with Gasteiger partial charge in [-0.05, 0) is 128 Å². The zero-order chi connectivity index (χ0) is 42.1. The summed E-state index contributed by atoms with van der Waals surface area (Å²) in [5, 5.41) is 0. The van der Waals surface area contributed by atoms with Crippen LogP contribution in [0, 0.1) is 13.8 Å². The van der Waals surface area contributed by atoms with E-state index in [1.807, 2.05) is 19.2 Å². The van der Waals surface area contributed by atoms with Gasteiger partial charge in [-0.15, -0.1) is 0 Å². The average molecular weight is 804 g/mol. The summed E-state index contributed by atoms with van der Waals surface area (Å²) in [4.78, 5) is 14.8. The molecule has 1 unspecified atom stereocenters. The Morgan fingerprint density at radius 1 is 0.317 bits per heavy atom. The summed E-state index contributed by atoms with van der Waals surface area (Å²) in [5.74, 6) is 0.742. The molecule has 0 bridgehead atoms. The van der Waals surface area contributed by atoms with Crippen molar-refractivity contribution in [3.63, 3.8) is 0 Å². The molecular weight excluding hydrogens is 763 g/mol. The van der Waals surface area contributed by atoms with Crippen LogP contribution >= 0.6 is 0 Å². The number of pyridine rings is 1. The van der Waals surface area contributed by atoms with Gasteiger partial charge in [0.1, 0.15) is 5.82 Å². The quantitative estimate of drug-likeness (QED) is 0.168. The van der Waals surface area contributed by atoms with Gasteiger partial charge in [0, 0.05) is 22.9 Å². The third-order valence-corrected chi connectivity index (χ3v) is 13.1. The first-order valence-electron chi connectivity index (χ1n) is 21.7. The molecule has 3 heteroatoms. The Labute approximate surface area is 368 Å². The van der Waals surface area contributed by atoms with Crippen molar-refractivity contribution < 1.29 is 0 Å². The standard InChI is InChI=1S/C60H41N3/c1-38-32-33-61-56(34-38)42-28-26-40(27-29-42)43-16-12-17-44(35-43)45-30-31-48-47-19-8-10-23-52(47)60(55(48)36-45)53-24-11-9-21-50(53)59-51(22-13-25-54(59)60)58-37-57(62-39(2)63-58)49-20-7-6-18-46(49)41-14-4-3-5-15-41/h3-37H,1-2H3. The van der Waals surface area contributed by atoms with E-state index < -0.39 is 5.41 Å². The minimum atomic E-state index is -0.522. The van der Waals surface area contributed by atoms with Crippen molar-refractivity contribution in [1.29, 1.82) is 0 Å². The van der Waals surface area contributed by atoms with Crippen molar-refractivity contribution in [3.05, 3.63) is 246 Å². The van der Waals surface area contributed by atoms with Gasteiger partial charge in [0.2, 0.25) is 0 Å². The highest BCUT2D eigenvalue weighted by atomic mass is 14.9. The van der Waals surface area contributed by atoms with Crippen LogP contribution in [0.4, 0.5) is 0 Å². The van der Waals surface area contributed by atoms with Crippen molar-refractivity contribution >= 4 is 0 Å². The summed E-state index contributed by atoms with van der Waals surface area (Å²) in [6, 6.07) is 75.2. The van der Waals surface area contributed by atoms with Gasteiger partial charge in [-0.3, -0.25) is 4.98 Å². The third-order valence-electron chi connectivity index (χ3n) is 13.1. The Bertz CT molecular complexity index is 3420. The third kappa shape index (κ3) is 5.85. The lowest BCUT2D eigenvalue weighted by Gasteiger charge is -2.31. The molecule has 0 fully saturated rings. The normalized spacial score (nSPS) is 14.3. The maximum absolute atomic E-state index is 5.18. The summed E-state index contributed by atoms with van der Waals surface area (Å²) in [5.41, 5.74) is 24.1. The van der Waals surface area contributed by atoms with Gasteiger partial charge in [-0.1, -0.05) is 176 Å². The summed E-state index contributed by atoms with van der Waals surface area (Å²) < 4.78 is 0. The number of benzene rings is 8. The van der Waals surface area contributed by atoms with E-state index in [0.29, 0.717) is 0 Å². The van der Waals surface area contributed by atoms with Crippen molar-refractivity contribution in [2.75, 3.05) is 0 Å². The van der Waals surface area contributed by atoms with Crippen molar-refractivity contribution in [2.24, 2.45) is 0 Å². The van der Waals surface area contributed by atoms with E-state index >= 15 is 0 Å². The van der Waals surface area contributed by atoms with Gasteiger partial charge >= 0.3 is 0 Å². The maximum Gasteiger partial charge on any atom is 0.126 e. The molecule has 0 radical (unpaired) electrons. The molecule has 1 atom stereocenters. The number of hydrogen-bond acceptors (Lipinski definition) is 3. The molecule has 63 heavy (non-hydrogen) atoms. The Kier molecular flexibility index (Phi) is 8.52. The van der Waals surface area contributed by atoms with E-state index in [2.05, 4.69) is 212 Å². The van der Waals surface area contributed by atoms with E-state index in [-0.39, 0.29) is 0 Å². The largest absolute Gasteiger partial charge is 0.256 e. The van der Waals surface area contributed by atoms with Gasteiger partial charge in [0.25, 0.3) is 0 Å². The predicted octanol–water partition coefficient (Wildman–Crippen LogP) is 14.8. The second-order valence-corrected chi connectivity index (χ2v) is 16.8. The zero-order valence-electron chi connectivity index (χ0n) is 35.0. The number of aromatic nitrogens is 3. The molecule has 12 rings (SSSR count). The fraction of sp³-hybridized carbons (Fsp3) is 0.0500. The molecule has 1 spiro atoms. The first-order chi connectivity index (χ1) is 31.0. The minimum absolute atomic E-state index is 0.522. The SMILES string of the molecule is Cc1ccnc(-c2ccc(-c3cccc(-c4ccc5c(c4)C4(c6ccccc6-5)c5ccccc5-c5c(-c6cc(-c7ccccc7-c7ccccc7)nc(C)n6)cccc54)c3)cc2)c1. The van der Waals surface area contributed by atoms with Crippen LogP contribution in [0.25, 0.3) is 89.4 Å². The van der Waals surface area contributed by atoms with Gasteiger partial charge < -0.3 is 0 Å². The molecular formula is C60H41N3. The smallest absolute Gasteiger partial charge is 0.126 e. The molecule has 3 nitrogen and oxygen atoms in total. The molecule has 0 amide bonds. The highest BCUT2D eigenvalue weighted by Crippen LogP contribution is 2.64. The van der Waals surface area contributed by atoms with E-state index in [1.54, 1.807) is 0 Å². The molecule has 2 aliphatic carbocycles. The lowest BCUT2D eigenvalue weighted by molar-refractivity contribution is 0.794. The van der Waals surface area contributed by atoms with Crippen LogP contribution in [0.2, 0.25) is 0 Å². The Balaban J connectivity index is 1.01. The van der Waals surface area contributed by atoms with Crippen molar-refractivity contribution in [3.8, 4) is 89.4 Å². The van der Waals surface area contributed by atoms with E-state index in [1.165, 1.54) is 72.3 Å². The fourth-order valence-corrected chi connectivity index (χ4v) is 10.4. The Hall–Kier alpha value is -8.01. The molecule has 296 valence electrons. The van der Waals surface area contributed by atoms with Gasteiger partial charge in [-0.25, -0.2) is 9.97 Å². The summed E-state index contributed by atoms with van der Waals surface area (Å²) in [6.45, 7) is 4.12. The van der Waals surface area contributed by atoms with E-state index in [0.717, 1.165) is 50.7 Å². The molecule has 10 aromatic rings. The number of nitrogens with zero attached hydrogens (tertiary/aromatic N) is 3. The minimum Gasteiger partial charge on any atom is -0.256 e. The topological polar surface area (TPSA) is 38.7 Å². The lowest BCUT2D eigenvalue weighted by Crippen LogP contribution is -2.25. The molecule has 0 N–H and O–H groups in total. The van der Waals surface area contributed by atoms with Crippen LogP contribution in [0.1, 0.15) is 33.6 Å². The highest BCUT2D eigenvalue weighted by molar-refractivity contribution is 6.00. The van der Waals surface area contributed by atoms with E-state index in [4.69, 9.17) is 9.97 Å². The molecule has 2 heterocycles. The van der Waals surface area contributed by atoms with Gasteiger partial charge in [0.15, 0.2) is 0 Å². The summed E-state index contributed by atoms with van der Waals surface area (Å²) >= 11 is 0. The van der Waals surface area contributed by atoms with Crippen LogP contribution in [0.5, 0.6) is 0 Å². The van der Waals surface area contributed by atoms with Crippen LogP contribution < -0.4 is 0 Å². The summed E-state index contributed by atoms with van der Waals surface area (Å²) in [6.07, 6.45) is 1.88. The Morgan fingerprint density at radius 2 is 0.857 bits per heavy atom. The van der Waals surface area contributed by atoms with Crippen molar-refractivity contribution in [1.82, 2.24) is 15.0 Å². The molecule has 8 aromatic carbocycles. The number of aryl methyl sites for hydroxylation is 2. The van der Waals surface area contributed by atoms with Gasteiger partial charge in [-0.2, -0.15) is 0 Å². The average Bonchev–Trinajstić information content (AvgIpc) is 3.81. The van der Waals surface area contributed by atoms with Gasteiger partial charge in [0.05, 0.1) is 22.5 Å². The predicted molar refractivity (Wildman–Crippen MR) is 258 cm³/mol. The summed E-state index contributed by atoms with van der Waals surface area (Å²) in [7, 11) is 0. The molecule has 2 aromatic heterocycles. The second kappa shape index (κ2) is 14.6. The first kappa shape index (κ1) is 36.8. The Morgan fingerprint density at radius 3 is 1.63 bits per heavy atom. The fourth-order valence-electron chi connectivity index (χ4n) is 10.4. The maximum atomic E-state index is 5.18. The van der Waals surface area contributed by atoms with Crippen molar-refractivity contribution in [2.45, 2.75) is 19.3 Å². The van der Waals surface area contributed by atoms with Crippen LogP contribution in [-0.4, -0.2) is 15.0 Å². The molecule has 2 aliphatic rings. The number of hydrogen-bond donors (Lipinski definition) is 0. The number of fused-ring (bicyclic) bond motifs is 10. The molecule has 0 saturated carbocycles. The van der Waals surface area contributed by atoms with Crippen LogP contribution in [0.3, 0.4) is 0 Å². The molecule has 0 aliphatic heterocycles. The lowest BCUT2D eigenvalue weighted by atomic mass is 9.70. The molecule has 0 saturated heterocycles. The van der Waals surface area contributed by atoms with Crippen LogP contribution in [0.15, 0.2) is 212 Å². The second-order valence-electron chi connectivity index (χ2n) is 16.8. The first-order valence-corrected chi connectivity index (χ1v) is 21.7.